The normalized spacial score (nSPS) is 27.6. The first-order valence-electron chi connectivity index (χ1n) is 7.65. The number of amides is 2. The molecule has 1 saturated heterocycles. The summed E-state index contributed by atoms with van der Waals surface area (Å²) >= 11 is 0. The maximum Gasteiger partial charge on any atom is 0.417 e. The van der Waals surface area contributed by atoms with Crippen LogP contribution in [-0.2, 0) is 9.53 Å². The second kappa shape index (κ2) is 6.15. The Morgan fingerprint density at radius 2 is 2.05 bits per heavy atom. The fraction of sp³-hybridized carbons (Fsp3) is 0.875. The molecule has 2 atom stereocenters. The summed E-state index contributed by atoms with van der Waals surface area (Å²) in [6.45, 7) is 12.2. The Morgan fingerprint density at radius 3 is 2.55 bits per heavy atom. The molecule has 1 rings (SSSR count). The predicted octanol–water partition coefficient (Wildman–Crippen LogP) is 3.99. The van der Waals surface area contributed by atoms with E-state index in [1.807, 2.05) is 27.7 Å². The lowest BCUT2D eigenvalue weighted by Crippen LogP contribution is -2.52. The summed E-state index contributed by atoms with van der Waals surface area (Å²) in [6, 6.07) is 0. The van der Waals surface area contributed by atoms with E-state index in [1.54, 1.807) is 0 Å². The molecular formula is C16H29NO3. The lowest BCUT2D eigenvalue weighted by atomic mass is 9.69. The Morgan fingerprint density at radius 1 is 1.45 bits per heavy atom. The Hall–Kier alpha value is -1.06. The van der Waals surface area contributed by atoms with Crippen LogP contribution in [0.5, 0.6) is 0 Å². The van der Waals surface area contributed by atoms with Gasteiger partial charge in [-0.2, -0.15) is 0 Å². The smallest absolute Gasteiger partial charge is 0.417 e. The minimum atomic E-state index is -0.566. The summed E-state index contributed by atoms with van der Waals surface area (Å²) in [5.41, 5.74) is -0.560. The molecule has 4 heteroatoms. The van der Waals surface area contributed by atoms with Gasteiger partial charge in [0.1, 0.15) is 5.60 Å². The van der Waals surface area contributed by atoms with E-state index in [9.17, 15) is 9.59 Å². The Bertz CT molecular complexity index is 372. The molecule has 0 aliphatic carbocycles. The number of hydrogen-bond donors (Lipinski definition) is 0. The number of likely N-dealkylation sites (tertiary alicyclic amines) is 1. The third-order valence-corrected chi connectivity index (χ3v) is 4.30. The number of ether oxygens (including phenoxy) is 1. The average molecular weight is 283 g/mol. The molecule has 1 fully saturated rings. The second-order valence-corrected chi connectivity index (χ2v) is 7.20. The largest absolute Gasteiger partial charge is 0.443 e. The summed E-state index contributed by atoms with van der Waals surface area (Å²) in [5.74, 6) is -0.223. The number of hydrogen-bond acceptors (Lipinski definition) is 3. The van der Waals surface area contributed by atoms with Crippen LogP contribution in [0.1, 0.15) is 67.2 Å². The van der Waals surface area contributed by atoms with Gasteiger partial charge in [0.05, 0.1) is 0 Å². The van der Waals surface area contributed by atoms with E-state index in [2.05, 4.69) is 13.8 Å². The molecular weight excluding hydrogens is 254 g/mol. The molecule has 20 heavy (non-hydrogen) atoms. The van der Waals surface area contributed by atoms with Gasteiger partial charge < -0.3 is 4.74 Å². The first kappa shape index (κ1) is 17.0. The first-order chi connectivity index (χ1) is 9.10. The van der Waals surface area contributed by atoms with Crippen LogP contribution >= 0.6 is 0 Å². The molecule has 0 spiro atoms. The molecule has 2 amide bonds. The van der Waals surface area contributed by atoms with Crippen LogP contribution in [0.2, 0.25) is 0 Å². The van der Waals surface area contributed by atoms with Crippen LogP contribution in [0.15, 0.2) is 0 Å². The number of unbranched alkanes of at least 4 members (excludes halogenated alkanes) is 1. The Kier molecular flexibility index (Phi) is 5.22. The van der Waals surface area contributed by atoms with Crippen molar-refractivity contribution in [3.05, 3.63) is 0 Å². The van der Waals surface area contributed by atoms with Crippen molar-refractivity contribution < 1.29 is 14.3 Å². The van der Waals surface area contributed by atoms with Gasteiger partial charge in [-0.1, -0.05) is 33.6 Å². The summed E-state index contributed by atoms with van der Waals surface area (Å²) < 4.78 is 5.31. The van der Waals surface area contributed by atoms with Crippen molar-refractivity contribution in [3.8, 4) is 0 Å². The van der Waals surface area contributed by atoms with Crippen LogP contribution < -0.4 is 0 Å². The van der Waals surface area contributed by atoms with Crippen LogP contribution in [0.4, 0.5) is 4.79 Å². The third kappa shape index (κ3) is 3.97. The Balaban J connectivity index is 2.74. The van der Waals surface area contributed by atoms with E-state index in [-0.39, 0.29) is 17.2 Å². The standard InChI is InChI=1S/C16H29NO3/c1-7-8-9-16(6)10-11-17(13(18)12(16)2)14(19)20-15(3,4)5/h12H,7-11H2,1-6H3/t12-,16+/m0/s1. The minimum absolute atomic E-state index is 0.00556. The van der Waals surface area contributed by atoms with Gasteiger partial charge in [0.2, 0.25) is 5.91 Å². The van der Waals surface area contributed by atoms with Crippen molar-refractivity contribution >= 4 is 12.0 Å². The SMILES string of the molecule is CCCC[C@]1(C)CCN(C(=O)OC(C)(C)C)C(=O)[C@@H]1C. The van der Waals surface area contributed by atoms with Crippen molar-refractivity contribution in [2.45, 2.75) is 72.8 Å². The molecule has 0 aromatic carbocycles. The van der Waals surface area contributed by atoms with E-state index in [1.165, 1.54) is 4.90 Å². The maximum absolute atomic E-state index is 12.5. The molecule has 4 nitrogen and oxygen atoms in total. The van der Waals surface area contributed by atoms with Crippen LogP contribution in [0.25, 0.3) is 0 Å². The quantitative estimate of drug-likeness (QED) is 0.787. The molecule has 1 aliphatic rings. The molecule has 0 N–H and O–H groups in total. The minimum Gasteiger partial charge on any atom is -0.443 e. The van der Waals surface area contributed by atoms with Gasteiger partial charge in [0, 0.05) is 12.5 Å². The highest BCUT2D eigenvalue weighted by molar-refractivity contribution is 5.94. The van der Waals surface area contributed by atoms with Gasteiger partial charge in [-0.15, -0.1) is 0 Å². The zero-order chi connectivity index (χ0) is 15.6. The number of rotatable bonds is 3. The fourth-order valence-electron chi connectivity index (χ4n) is 2.65. The highest BCUT2D eigenvalue weighted by Gasteiger charge is 2.44. The third-order valence-electron chi connectivity index (χ3n) is 4.30. The van der Waals surface area contributed by atoms with Gasteiger partial charge in [0.15, 0.2) is 0 Å². The van der Waals surface area contributed by atoms with Crippen LogP contribution in [0, 0.1) is 11.3 Å². The van der Waals surface area contributed by atoms with Gasteiger partial charge in [0.25, 0.3) is 0 Å². The van der Waals surface area contributed by atoms with Crippen molar-refractivity contribution in [1.29, 1.82) is 0 Å². The number of piperidine rings is 1. The summed E-state index contributed by atoms with van der Waals surface area (Å²) in [4.78, 5) is 25.8. The van der Waals surface area contributed by atoms with E-state index < -0.39 is 11.7 Å². The van der Waals surface area contributed by atoms with Gasteiger partial charge in [-0.05, 0) is 39.0 Å². The van der Waals surface area contributed by atoms with Crippen molar-refractivity contribution in [2.75, 3.05) is 6.54 Å². The molecule has 0 radical (unpaired) electrons. The number of imide groups is 1. The number of carbonyl (C=O) groups excluding carboxylic acids is 2. The van der Waals surface area contributed by atoms with Crippen LogP contribution in [-0.4, -0.2) is 29.0 Å². The molecule has 116 valence electrons. The fourth-order valence-corrected chi connectivity index (χ4v) is 2.65. The lowest BCUT2D eigenvalue weighted by Gasteiger charge is -2.43. The van der Waals surface area contributed by atoms with Crippen molar-refractivity contribution in [3.63, 3.8) is 0 Å². The monoisotopic (exact) mass is 283 g/mol. The molecule has 0 saturated carbocycles. The molecule has 1 heterocycles. The zero-order valence-corrected chi connectivity index (χ0v) is 13.8. The topological polar surface area (TPSA) is 46.6 Å². The lowest BCUT2D eigenvalue weighted by molar-refractivity contribution is -0.143. The molecule has 0 aromatic heterocycles. The van der Waals surface area contributed by atoms with E-state index in [0.717, 1.165) is 25.7 Å². The van der Waals surface area contributed by atoms with E-state index in [4.69, 9.17) is 4.74 Å². The summed E-state index contributed by atoms with van der Waals surface area (Å²) in [5, 5.41) is 0. The predicted molar refractivity (Wildman–Crippen MR) is 79.4 cm³/mol. The summed E-state index contributed by atoms with van der Waals surface area (Å²) in [6.07, 6.45) is 3.65. The van der Waals surface area contributed by atoms with E-state index >= 15 is 0 Å². The van der Waals surface area contributed by atoms with Crippen molar-refractivity contribution in [2.24, 2.45) is 11.3 Å². The zero-order valence-electron chi connectivity index (χ0n) is 13.8. The first-order valence-corrected chi connectivity index (χ1v) is 7.65. The van der Waals surface area contributed by atoms with Crippen LogP contribution in [0.3, 0.4) is 0 Å². The van der Waals surface area contributed by atoms with Gasteiger partial charge in [-0.3, -0.25) is 4.79 Å². The summed E-state index contributed by atoms with van der Waals surface area (Å²) in [7, 11) is 0. The highest BCUT2D eigenvalue weighted by atomic mass is 16.6. The van der Waals surface area contributed by atoms with Gasteiger partial charge >= 0.3 is 6.09 Å². The number of nitrogens with zero attached hydrogens (tertiary/aromatic N) is 1. The number of carbonyl (C=O) groups is 2. The highest BCUT2D eigenvalue weighted by Crippen LogP contribution is 2.41. The van der Waals surface area contributed by atoms with Gasteiger partial charge in [-0.25, -0.2) is 9.69 Å². The maximum atomic E-state index is 12.5. The molecule has 0 aromatic rings. The van der Waals surface area contributed by atoms with E-state index in [0.29, 0.717) is 6.54 Å². The molecule has 0 unspecified atom stereocenters. The van der Waals surface area contributed by atoms with Crippen molar-refractivity contribution in [1.82, 2.24) is 4.90 Å². The molecule has 0 bridgehead atoms. The Labute approximate surface area is 122 Å². The second-order valence-electron chi connectivity index (χ2n) is 7.20. The molecule has 1 aliphatic heterocycles. The average Bonchev–Trinajstić information content (AvgIpc) is 2.31.